The number of carbonyl (C=O) groups excluding carboxylic acids is 1. The van der Waals surface area contributed by atoms with Crippen molar-refractivity contribution >= 4 is 11.6 Å². The van der Waals surface area contributed by atoms with E-state index >= 15 is 0 Å². The highest BCUT2D eigenvalue weighted by atomic mass is 16.1. The molecule has 0 aromatic carbocycles. The van der Waals surface area contributed by atoms with Gasteiger partial charge in [0.25, 0.3) is 0 Å². The molecule has 1 aromatic heterocycles. The van der Waals surface area contributed by atoms with Crippen LogP contribution in [0, 0.1) is 6.92 Å². The molecule has 0 bridgehead atoms. The first kappa shape index (κ1) is 11.7. The van der Waals surface area contributed by atoms with E-state index in [-0.39, 0.29) is 5.78 Å². The number of anilines is 1. The third-order valence-electron chi connectivity index (χ3n) is 2.52. The number of nitrogens with zero attached hydrogens (tertiary/aromatic N) is 2. The van der Waals surface area contributed by atoms with Crippen LogP contribution in [0.5, 0.6) is 0 Å². The van der Waals surface area contributed by atoms with Crippen molar-refractivity contribution < 1.29 is 4.79 Å². The number of rotatable bonds is 4. The van der Waals surface area contributed by atoms with Gasteiger partial charge in [0, 0.05) is 24.8 Å². The van der Waals surface area contributed by atoms with E-state index in [1.807, 2.05) is 13.0 Å². The number of pyridine rings is 1. The van der Waals surface area contributed by atoms with Gasteiger partial charge in [0.15, 0.2) is 5.78 Å². The van der Waals surface area contributed by atoms with Crippen molar-refractivity contribution in [2.24, 2.45) is 0 Å². The van der Waals surface area contributed by atoms with Crippen molar-refractivity contribution in [2.45, 2.75) is 27.7 Å². The summed E-state index contributed by atoms with van der Waals surface area (Å²) in [6, 6.07) is 1.91. The monoisotopic (exact) mass is 206 g/mol. The summed E-state index contributed by atoms with van der Waals surface area (Å²) in [6.07, 6.45) is 1.66. The van der Waals surface area contributed by atoms with Crippen LogP contribution in [0.25, 0.3) is 0 Å². The van der Waals surface area contributed by atoms with Crippen molar-refractivity contribution in [2.75, 3.05) is 18.0 Å². The lowest BCUT2D eigenvalue weighted by Gasteiger charge is -2.21. The van der Waals surface area contributed by atoms with Gasteiger partial charge in [-0.05, 0) is 39.3 Å². The molecule has 1 rings (SSSR count). The third-order valence-corrected chi connectivity index (χ3v) is 2.52. The molecule has 3 heteroatoms. The van der Waals surface area contributed by atoms with Crippen molar-refractivity contribution in [1.82, 2.24) is 4.98 Å². The van der Waals surface area contributed by atoms with E-state index in [9.17, 15) is 4.79 Å². The minimum Gasteiger partial charge on any atom is -0.357 e. The Bertz CT molecular complexity index is 357. The van der Waals surface area contributed by atoms with Crippen molar-refractivity contribution in [3.8, 4) is 0 Å². The second-order valence-corrected chi connectivity index (χ2v) is 3.59. The van der Waals surface area contributed by atoms with Crippen molar-refractivity contribution in [1.29, 1.82) is 0 Å². The highest BCUT2D eigenvalue weighted by Crippen LogP contribution is 2.17. The van der Waals surface area contributed by atoms with E-state index in [0.29, 0.717) is 5.56 Å². The Kier molecular flexibility index (Phi) is 3.83. The molecule has 0 N–H and O–H groups in total. The maximum atomic E-state index is 11.2. The first-order chi connectivity index (χ1) is 7.10. The summed E-state index contributed by atoms with van der Waals surface area (Å²) in [5, 5.41) is 0. The summed E-state index contributed by atoms with van der Waals surface area (Å²) >= 11 is 0. The van der Waals surface area contributed by atoms with E-state index in [1.165, 1.54) is 0 Å². The second-order valence-electron chi connectivity index (χ2n) is 3.59. The molecule has 0 saturated heterocycles. The summed E-state index contributed by atoms with van der Waals surface area (Å²) in [6.45, 7) is 9.63. The van der Waals surface area contributed by atoms with Gasteiger partial charge in [0.1, 0.15) is 5.82 Å². The minimum absolute atomic E-state index is 0.0664. The lowest BCUT2D eigenvalue weighted by Crippen LogP contribution is -2.24. The second kappa shape index (κ2) is 4.91. The quantitative estimate of drug-likeness (QED) is 0.709. The highest BCUT2D eigenvalue weighted by molar-refractivity contribution is 5.94. The molecule has 1 aromatic rings. The number of Topliss-reactive ketones (excluding diaryl/α,β-unsaturated/α-hetero) is 1. The molecule has 0 saturated carbocycles. The van der Waals surface area contributed by atoms with E-state index in [2.05, 4.69) is 23.7 Å². The smallest absolute Gasteiger partial charge is 0.161 e. The van der Waals surface area contributed by atoms with Gasteiger partial charge in [-0.25, -0.2) is 4.98 Å². The van der Waals surface area contributed by atoms with Crippen LogP contribution in [0.2, 0.25) is 0 Å². The molecule has 0 amide bonds. The molecule has 1 heterocycles. The number of ketones is 1. The molecule has 0 unspecified atom stereocenters. The third kappa shape index (κ3) is 2.55. The summed E-state index contributed by atoms with van der Waals surface area (Å²) in [5.74, 6) is 1.04. The first-order valence-electron chi connectivity index (χ1n) is 5.32. The summed E-state index contributed by atoms with van der Waals surface area (Å²) < 4.78 is 0. The molecule has 3 nitrogen and oxygen atoms in total. The van der Waals surface area contributed by atoms with E-state index in [4.69, 9.17) is 0 Å². The maximum Gasteiger partial charge on any atom is 0.161 e. The van der Waals surface area contributed by atoms with Gasteiger partial charge in [-0.15, -0.1) is 0 Å². The number of aryl methyl sites for hydroxylation is 1. The predicted molar refractivity (Wildman–Crippen MR) is 62.5 cm³/mol. The molecule has 0 radical (unpaired) electrons. The normalized spacial score (nSPS) is 10.1. The fourth-order valence-electron chi connectivity index (χ4n) is 1.61. The molecule has 0 spiro atoms. The van der Waals surface area contributed by atoms with Crippen LogP contribution in [0.15, 0.2) is 12.3 Å². The van der Waals surface area contributed by atoms with Crippen LogP contribution in [-0.4, -0.2) is 23.9 Å². The SMILES string of the molecule is CCN(CC)c1ncc(C(C)=O)cc1C. The van der Waals surface area contributed by atoms with Gasteiger partial charge in [0.2, 0.25) is 0 Å². The van der Waals surface area contributed by atoms with E-state index in [0.717, 1.165) is 24.5 Å². The van der Waals surface area contributed by atoms with Crippen molar-refractivity contribution in [3.05, 3.63) is 23.4 Å². The predicted octanol–water partition coefficient (Wildman–Crippen LogP) is 2.44. The lowest BCUT2D eigenvalue weighted by molar-refractivity contribution is 0.101. The zero-order valence-corrected chi connectivity index (χ0v) is 9.87. The molecular weight excluding hydrogens is 188 g/mol. The Hall–Kier alpha value is -1.38. The molecular formula is C12H18N2O. The Morgan fingerprint density at radius 3 is 2.40 bits per heavy atom. The van der Waals surface area contributed by atoms with E-state index < -0.39 is 0 Å². The van der Waals surface area contributed by atoms with Gasteiger partial charge in [0.05, 0.1) is 0 Å². The van der Waals surface area contributed by atoms with Crippen LogP contribution in [0.1, 0.15) is 36.7 Å². The van der Waals surface area contributed by atoms with Gasteiger partial charge in [-0.2, -0.15) is 0 Å². The molecule has 82 valence electrons. The summed E-state index contributed by atoms with van der Waals surface area (Å²) in [5.41, 5.74) is 1.75. The molecule has 0 aliphatic heterocycles. The zero-order chi connectivity index (χ0) is 11.4. The zero-order valence-electron chi connectivity index (χ0n) is 9.87. The maximum absolute atomic E-state index is 11.2. The average Bonchev–Trinajstić information content (AvgIpc) is 2.21. The molecule has 0 fully saturated rings. The van der Waals surface area contributed by atoms with E-state index in [1.54, 1.807) is 13.1 Å². The van der Waals surface area contributed by atoms with Crippen LogP contribution < -0.4 is 4.90 Å². The summed E-state index contributed by atoms with van der Waals surface area (Å²) in [4.78, 5) is 17.7. The Balaban J connectivity index is 3.07. The molecule has 0 aliphatic carbocycles. The van der Waals surface area contributed by atoms with Gasteiger partial charge in [-0.3, -0.25) is 4.79 Å². The first-order valence-corrected chi connectivity index (χ1v) is 5.32. The number of hydrogen-bond donors (Lipinski definition) is 0. The van der Waals surface area contributed by atoms with Crippen molar-refractivity contribution in [3.63, 3.8) is 0 Å². The molecule has 0 aliphatic rings. The van der Waals surface area contributed by atoms with Gasteiger partial charge < -0.3 is 4.90 Å². The van der Waals surface area contributed by atoms with Crippen LogP contribution in [0.3, 0.4) is 0 Å². The van der Waals surface area contributed by atoms with Crippen LogP contribution in [-0.2, 0) is 0 Å². The average molecular weight is 206 g/mol. The minimum atomic E-state index is 0.0664. The Morgan fingerprint density at radius 2 is 2.00 bits per heavy atom. The Labute approximate surface area is 91.1 Å². The number of aromatic nitrogens is 1. The lowest BCUT2D eigenvalue weighted by atomic mass is 10.1. The fourth-order valence-corrected chi connectivity index (χ4v) is 1.61. The number of carbonyl (C=O) groups is 1. The standard InChI is InChI=1S/C12H18N2O/c1-5-14(6-2)12-9(3)7-11(8-13-12)10(4)15/h7-8H,5-6H2,1-4H3. The van der Waals surface area contributed by atoms with Gasteiger partial charge in [-0.1, -0.05) is 0 Å². The van der Waals surface area contributed by atoms with Crippen LogP contribution >= 0.6 is 0 Å². The highest BCUT2D eigenvalue weighted by Gasteiger charge is 2.09. The number of hydrogen-bond acceptors (Lipinski definition) is 3. The van der Waals surface area contributed by atoms with Crippen LogP contribution in [0.4, 0.5) is 5.82 Å². The topological polar surface area (TPSA) is 33.2 Å². The molecule has 0 atom stereocenters. The summed E-state index contributed by atoms with van der Waals surface area (Å²) in [7, 11) is 0. The molecule has 15 heavy (non-hydrogen) atoms. The largest absolute Gasteiger partial charge is 0.357 e. The Morgan fingerprint density at radius 1 is 1.40 bits per heavy atom. The van der Waals surface area contributed by atoms with Gasteiger partial charge >= 0.3 is 0 Å². The fraction of sp³-hybridized carbons (Fsp3) is 0.500.